The minimum Gasteiger partial charge on any atom is -0.497 e. The third kappa shape index (κ3) is 5.57. The van der Waals surface area contributed by atoms with Crippen LogP contribution in [0.2, 0.25) is 0 Å². The van der Waals surface area contributed by atoms with Crippen LogP contribution in [-0.4, -0.2) is 56.7 Å². The highest BCUT2D eigenvalue weighted by atomic mass is 19.4. The van der Waals surface area contributed by atoms with E-state index < -0.39 is 41.3 Å². The molecular weight excluding hydrogens is 441 g/mol. The number of nitrogens with one attached hydrogen (secondary N) is 1. The summed E-state index contributed by atoms with van der Waals surface area (Å²) in [5, 5.41) is 2.64. The SMILES string of the molecule is COC(=O)[C@@H]1C[C@H](NC(=O)c2ccccc2C(F)(F)F)CN1Cc1cc(OC)ccc1OC. The van der Waals surface area contributed by atoms with Crippen molar-refractivity contribution >= 4 is 11.9 Å². The van der Waals surface area contributed by atoms with Crippen LogP contribution in [0.4, 0.5) is 13.2 Å². The smallest absolute Gasteiger partial charge is 0.417 e. The first-order valence-electron chi connectivity index (χ1n) is 10.2. The number of nitrogens with zero attached hydrogens (tertiary/aromatic N) is 1. The molecule has 2 aromatic carbocycles. The molecule has 0 spiro atoms. The molecule has 7 nitrogen and oxygen atoms in total. The fraction of sp³-hybridized carbons (Fsp3) is 0.391. The highest BCUT2D eigenvalue weighted by Crippen LogP contribution is 2.32. The summed E-state index contributed by atoms with van der Waals surface area (Å²) in [6.45, 7) is 0.520. The molecular formula is C23H25F3N2O5. The van der Waals surface area contributed by atoms with Crippen LogP contribution in [0.1, 0.15) is 27.9 Å². The first-order chi connectivity index (χ1) is 15.7. The standard InChI is InChI=1S/C23H25F3N2O5/c1-31-16-8-9-20(32-2)14(10-16)12-28-13-15(11-19(28)22(30)33-3)27-21(29)17-6-4-5-7-18(17)23(24,25)26/h4-10,15,19H,11-13H2,1-3H3,(H,27,29)/t15-,19-/m0/s1. The number of hydrogen-bond donors (Lipinski definition) is 1. The largest absolute Gasteiger partial charge is 0.497 e. The van der Waals surface area contributed by atoms with E-state index in [-0.39, 0.29) is 19.5 Å². The number of halogens is 3. The lowest BCUT2D eigenvalue weighted by molar-refractivity contribution is -0.146. The number of ether oxygens (including phenoxy) is 3. The second-order valence-corrected chi connectivity index (χ2v) is 7.60. The molecule has 1 saturated heterocycles. The average molecular weight is 466 g/mol. The van der Waals surface area contributed by atoms with E-state index in [0.717, 1.165) is 17.7 Å². The number of carbonyl (C=O) groups excluding carboxylic acids is 2. The fourth-order valence-corrected chi connectivity index (χ4v) is 3.98. The molecule has 1 aliphatic heterocycles. The summed E-state index contributed by atoms with van der Waals surface area (Å²) in [6.07, 6.45) is -4.47. The lowest BCUT2D eigenvalue weighted by Gasteiger charge is -2.23. The first kappa shape index (κ1) is 24.4. The number of methoxy groups -OCH3 is 3. The Morgan fingerprint density at radius 2 is 1.82 bits per heavy atom. The van der Waals surface area contributed by atoms with Gasteiger partial charge in [-0.25, -0.2) is 0 Å². The van der Waals surface area contributed by atoms with Crippen molar-refractivity contribution in [2.45, 2.75) is 31.2 Å². The number of carbonyl (C=O) groups is 2. The highest BCUT2D eigenvalue weighted by molar-refractivity contribution is 5.96. The van der Waals surface area contributed by atoms with Gasteiger partial charge in [0.2, 0.25) is 0 Å². The number of alkyl halides is 3. The molecule has 0 unspecified atom stereocenters. The Kier molecular flexibility index (Phi) is 7.47. The summed E-state index contributed by atoms with van der Waals surface area (Å²) in [5.74, 6) is -0.152. The van der Waals surface area contributed by atoms with Gasteiger partial charge in [-0.2, -0.15) is 13.2 Å². The number of hydrogen-bond acceptors (Lipinski definition) is 6. The summed E-state index contributed by atoms with van der Waals surface area (Å²) in [7, 11) is 4.31. The molecule has 10 heteroatoms. The lowest BCUT2D eigenvalue weighted by atomic mass is 10.1. The summed E-state index contributed by atoms with van der Waals surface area (Å²) in [4.78, 5) is 26.9. The maximum absolute atomic E-state index is 13.3. The van der Waals surface area contributed by atoms with Gasteiger partial charge in [0.05, 0.1) is 32.5 Å². The Morgan fingerprint density at radius 3 is 2.45 bits per heavy atom. The number of rotatable bonds is 7. The van der Waals surface area contributed by atoms with Crippen LogP contribution in [0.5, 0.6) is 11.5 Å². The number of amides is 1. The molecule has 1 aliphatic rings. The molecule has 0 radical (unpaired) electrons. The Morgan fingerprint density at radius 1 is 1.09 bits per heavy atom. The third-order valence-electron chi connectivity index (χ3n) is 5.55. The van der Waals surface area contributed by atoms with Gasteiger partial charge >= 0.3 is 12.1 Å². The molecule has 3 rings (SSSR count). The summed E-state index contributed by atoms with van der Waals surface area (Å²) in [6, 6.07) is 8.61. The van der Waals surface area contributed by atoms with Crippen molar-refractivity contribution in [3.05, 3.63) is 59.2 Å². The van der Waals surface area contributed by atoms with Crippen LogP contribution >= 0.6 is 0 Å². The maximum Gasteiger partial charge on any atom is 0.417 e. The molecule has 1 heterocycles. The monoisotopic (exact) mass is 466 g/mol. The average Bonchev–Trinajstić information content (AvgIpc) is 3.19. The van der Waals surface area contributed by atoms with Gasteiger partial charge in [0, 0.05) is 24.7 Å². The van der Waals surface area contributed by atoms with E-state index in [9.17, 15) is 22.8 Å². The van der Waals surface area contributed by atoms with Crippen LogP contribution in [0.15, 0.2) is 42.5 Å². The van der Waals surface area contributed by atoms with Gasteiger partial charge in [-0.15, -0.1) is 0 Å². The Balaban J connectivity index is 1.81. The zero-order valence-electron chi connectivity index (χ0n) is 18.4. The molecule has 1 fully saturated rings. The molecule has 1 amide bonds. The molecule has 2 aromatic rings. The van der Waals surface area contributed by atoms with Crippen molar-refractivity contribution in [1.29, 1.82) is 0 Å². The van der Waals surface area contributed by atoms with Gasteiger partial charge in [-0.3, -0.25) is 14.5 Å². The van der Waals surface area contributed by atoms with Gasteiger partial charge in [0.1, 0.15) is 17.5 Å². The summed E-state index contributed by atoms with van der Waals surface area (Å²) >= 11 is 0. The maximum atomic E-state index is 13.3. The fourth-order valence-electron chi connectivity index (χ4n) is 3.98. The lowest BCUT2D eigenvalue weighted by Crippen LogP contribution is -2.38. The predicted molar refractivity (Wildman–Crippen MR) is 113 cm³/mol. The number of likely N-dealkylation sites (tertiary alicyclic amines) is 1. The summed E-state index contributed by atoms with van der Waals surface area (Å²) < 4.78 is 55.5. The van der Waals surface area contributed by atoms with Crippen LogP contribution in [0.25, 0.3) is 0 Å². The highest BCUT2D eigenvalue weighted by Gasteiger charge is 2.40. The van der Waals surface area contributed by atoms with E-state index in [1.54, 1.807) is 23.1 Å². The molecule has 0 saturated carbocycles. The number of esters is 1. The molecule has 0 aliphatic carbocycles. The van der Waals surface area contributed by atoms with Crippen LogP contribution in [0, 0.1) is 0 Å². The molecule has 0 bridgehead atoms. The van der Waals surface area contributed by atoms with Crippen molar-refractivity contribution in [2.75, 3.05) is 27.9 Å². The van der Waals surface area contributed by atoms with E-state index in [1.165, 1.54) is 33.5 Å². The van der Waals surface area contributed by atoms with Gasteiger partial charge in [0.15, 0.2) is 0 Å². The molecule has 2 atom stereocenters. The van der Waals surface area contributed by atoms with E-state index in [0.29, 0.717) is 11.5 Å². The van der Waals surface area contributed by atoms with Gasteiger partial charge in [-0.05, 0) is 36.8 Å². The van der Waals surface area contributed by atoms with Crippen molar-refractivity contribution in [3.63, 3.8) is 0 Å². The minimum atomic E-state index is -4.66. The molecule has 178 valence electrons. The van der Waals surface area contributed by atoms with Crippen molar-refractivity contribution in [1.82, 2.24) is 10.2 Å². The zero-order valence-corrected chi connectivity index (χ0v) is 18.4. The summed E-state index contributed by atoms with van der Waals surface area (Å²) in [5.41, 5.74) is -0.726. The molecule has 1 N–H and O–H groups in total. The minimum absolute atomic E-state index is 0.193. The van der Waals surface area contributed by atoms with E-state index in [4.69, 9.17) is 14.2 Å². The van der Waals surface area contributed by atoms with Crippen LogP contribution < -0.4 is 14.8 Å². The van der Waals surface area contributed by atoms with Gasteiger partial charge < -0.3 is 19.5 Å². The predicted octanol–water partition coefficient (Wildman–Crippen LogP) is 3.27. The molecule has 0 aromatic heterocycles. The Labute approximate surface area is 189 Å². The molecule has 33 heavy (non-hydrogen) atoms. The zero-order chi connectivity index (χ0) is 24.2. The third-order valence-corrected chi connectivity index (χ3v) is 5.55. The second kappa shape index (κ2) is 10.1. The van der Waals surface area contributed by atoms with Crippen molar-refractivity contribution < 1.29 is 37.0 Å². The quantitative estimate of drug-likeness (QED) is 0.632. The normalized spacial score (nSPS) is 18.6. The topological polar surface area (TPSA) is 77.1 Å². The Hall–Kier alpha value is -3.27. The second-order valence-electron chi connectivity index (χ2n) is 7.60. The van der Waals surface area contributed by atoms with E-state index in [2.05, 4.69) is 5.32 Å². The van der Waals surface area contributed by atoms with Crippen LogP contribution in [-0.2, 0) is 22.3 Å². The van der Waals surface area contributed by atoms with Crippen molar-refractivity contribution in [3.8, 4) is 11.5 Å². The number of benzene rings is 2. The van der Waals surface area contributed by atoms with E-state index in [1.807, 2.05) is 0 Å². The first-order valence-corrected chi connectivity index (χ1v) is 10.2. The van der Waals surface area contributed by atoms with Gasteiger partial charge in [0.25, 0.3) is 5.91 Å². The van der Waals surface area contributed by atoms with Crippen molar-refractivity contribution in [2.24, 2.45) is 0 Å². The van der Waals surface area contributed by atoms with Gasteiger partial charge in [-0.1, -0.05) is 12.1 Å². The van der Waals surface area contributed by atoms with E-state index >= 15 is 0 Å². The Bertz CT molecular complexity index is 1010. The van der Waals surface area contributed by atoms with Crippen LogP contribution in [0.3, 0.4) is 0 Å².